The van der Waals surface area contributed by atoms with Gasteiger partial charge in [-0.3, -0.25) is 0 Å². The zero-order chi connectivity index (χ0) is 12.4. The van der Waals surface area contributed by atoms with E-state index in [2.05, 4.69) is 10.0 Å². The van der Waals surface area contributed by atoms with Gasteiger partial charge in [0.2, 0.25) is 10.0 Å². The average Bonchev–Trinajstić information content (AvgIpc) is 2.19. The normalized spacial score (nSPS) is 12.2. The Bertz CT molecular complexity index is 253. The van der Waals surface area contributed by atoms with Crippen molar-refractivity contribution < 1.29 is 13.2 Å². The van der Waals surface area contributed by atoms with E-state index in [-0.39, 0.29) is 5.75 Å². The Kier molecular flexibility index (Phi) is 8.83. The van der Waals surface area contributed by atoms with Gasteiger partial charge in [-0.25, -0.2) is 13.1 Å². The van der Waals surface area contributed by atoms with Crippen molar-refractivity contribution in [3.63, 3.8) is 0 Å². The molecule has 6 heteroatoms. The van der Waals surface area contributed by atoms with Crippen LogP contribution in [0.4, 0.5) is 0 Å². The van der Waals surface area contributed by atoms with Crippen LogP contribution >= 0.6 is 0 Å². The van der Waals surface area contributed by atoms with E-state index >= 15 is 0 Å². The predicted molar refractivity (Wildman–Crippen MR) is 66.0 cm³/mol. The molecule has 0 aromatic rings. The van der Waals surface area contributed by atoms with E-state index in [1.807, 2.05) is 20.8 Å². The van der Waals surface area contributed by atoms with Crippen molar-refractivity contribution in [1.82, 2.24) is 10.0 Å². The van der Waals surface area contributed by atoms with E-state index < -0.39 is 10.0 Å². The fraction of sp³-hybridized carbons (Fsp3) is 1.00. The van der Waals surface area contributed by atoms with Crippen LogP contribution in [0.5, 0.6) is 0 Å². The lowest BCUT2D eigenvalue weighted by atomic mass is 10.4. The summed E-state index contributed by atoms with van der Waals surface area (Å²) in [7, 11) is -3.13. The topological polar surface area (TPSA) is 67.4 Å². The minimum absolute atomic E-state index is 0.166. The smallest absolute Gasteiger partial charge is 0.211 e. The molecule has 5 nitrogen and oxygen atoms in total. The highest BCUT2D eigenvalue weighted by atomic mass is 32.2. The Labute approximate surface area is 99.0 Å². The van der Waals surface area contributed by atoms with Crippen LogP contribution in [0.2, 0.25) is 0 Å². The maximum absolute atomic E-state index is 11.4. The summed E-state index contributed by atoms with van der Waals surface area (Å²) in [5.41, 5.74) is 0. The van der Waals surface area contributed by atoms with Gasteiger partial charge in [0, 0.05) is 19.2 Å². The number of nitrogens with one attached hydrogen (secondary N) is 2. The second kappa shape index (κ2) is 8.92. The standard InChI is InChI=1S/C10H24N2O3S/c1-4-15-8-7-12-16(13,14)9-5-6-11-10(2)3/h10-12H,4-9H2,1-3H3. The zero-order valence-corrected chi connectivity index (χ0v) is 11.3. The van der Waals surface area contributed by atoms with Crippen molar-refractivity contribution in [3.05, 3.63) is 0 Å². The first-order chi connectivity index (χ1) is 7.48. The highest BCUT2D eigenvalue weighted by Gasteiger charge is 2.08. The van der Waals surface area contributed by atoms with Gasteiger partial charge in [0.05, 0.1) is 12.4 Å². The molecule has 0 aliphatic carbocycles. The van der Waals surface area contributed by atoms with E-state index in [0.29, 0.717) is 32.2 Å². The molecule has 0 bridgehead atoms. The van der Waals surface area contributed by atoms with Crippen LogP contribution in [0.1, 0.15) is 27.2 Å². The van der Waals surface area contributed by atoms with E-state index in [0.717, 1.165) is 6.54 Å². The van der Waals surface area contributed by atoms with Gasteiger partial charge in [-0.15, -0.1) is 0 Å². The molecule has 0 heterocycles. The first-order valence-electron chi connectivity index (χ1n) is 5.76. The molecule has 0 rings (SSSR count). The Morgan fingerprint density at radius 3 is 2.50 bits per heavy atom. The van der Waals surface area contributed by atoms with Crippen molar-refractivity contribution >= 4 is 10.0 Å². The highest BCUT2D eigenvalue weighted by Crippen LogP contribution is 1.89. The number of rotatable bonds is 10. The van der Waals surface area contributed by atoms with Crippen molar-refractivity contribution in [2.75, 3.05) is 32.1 Å². The lowest BCUT2D eigenvalue weighted by Gasteiger charge is -2.09. The van der Waals surface area contributed by atoms with E-state index in [9.17, 15) is 8.42 Å². The Morgan fingerprint density at radius 2 is 1.94 bits per heavy atom. The summed E-state index contributed by atoms with van der Waals surface area (Å²) >= 11 is 0. The van der Waals surface area contributed by atoms with Crippen LogP contribution in [0, 0.1) is 0 Å². The second-order valence-corrected chi connectivity index (χ2v) is 5.80. The molecule has 0 radical (unpaired) electrons. The lowest BCUT2D eigenvalue weighted by Crippen LogP contribution is -2.32. The minimum atomic E-state index is -3.13. The van der Waals surface area contributed by atoms with Crippen molar-refractivity contribution in [2.45, 2.75) is 33.2 Å². The molecular weight excluding hydrogens is 228 g/mol. The van der Waals surface area contributed by atoms with Crippen molar-refractivity contribution in [2.24, 2.45) is 0 Å². The van der Waals surface area contributed by atoms with Crippen LogP contribution in [0.25, 0.3) is 0 Å². The van der Waals surface area contributed by atoms with Crippen LogP contribution in [0.15, 0.2) is 0 Å². The molecule has 0 saturated carbocycles. The quantitative estimate of drug-likeness (QED) is 0.550. The monoisotopic (exact) mass is 252 g/mol. The summed E-state index contributed by atoms with van der Waals surface area (Å²) in [6, 6.07) is 0.397. The average molecular weight is 252 g/mol. The van der Waals surface area contributed by atoms with Gasteiger partial charge in [0.25, 0.3) is 0 Å². The van der Waals surface area contributed by atoms with E-state index in [1.165, 1.54) is 0 Å². The van der Waals surface area contributed by atoms with Gasteiger partial charge in [-0.1, -0.05) is 13.8 Å². The molecule has 0 aromatic carbocycles. The van der Waals surface area contributed by atoms with Crippen LogP contribution in [-0.4, -0.2) is 46.5 Å². The summed E-state index contributed by atoms with van der Waals surface area (Å²) in [6.45, 7) is 8.08. The first-order valence-corrected chi connectivity index (χ1v) is 7.41. The third-order valence-electron chi connectivity index (χ3n) is 1.91. The number of ether oxygens (including phenoxy) is 1. The van der Waals surface area contributed by atoms with Crippen molar-refractivity contribution in [1.29, 1.82) is 0 Å². The summed E-state index contributed by atoms with van der Waals surface area (Å²) in [6.07, 6.45) is 0.627. The molecule has 2 N–H and O–H groups in total. The van der Waals surface area contributed by atoms with E-state index in [1.54, 1.807) is 0 Å². The molecule has 0 saturated heterocycles. The third-order valence-corrected chi connectivity index (χ3v) is 3.39. The van der Waals surface area contributed by atoms with Crippen LogP contribution in [-0.2, 0) is 14.8 Å². The third kappa shape index (κ3) is 10.4. The molecule has 0 aromatic heterocycles. The van der Waals surface area contributed by atoms with Gasteiger partial charge >= 0.3 is 0 Å². The summed E-state index contributed by atoms with van der Waals surface area (Å²) in [5, 5.41) is 3.18. The molecule has 0 aliphatic rings. The Hall–Kier alpha value is -0.170. The van der Waals surface area contributed by atoms with Crippen LogP contribution < -0.4 is 10.0 Å². The van der Waals surface area contributed by atoms with Gasteiger partial charge in [0.1, 0.15) is 0 Å². The molecule has 16 heavy (non-hydrogen) atoms. The first kappa shape index (κ1) is 15.8. The molecule has 0 spiro atoms. The fourth-order valence-corrected chi connectivity index (χ4v) is 2.20. The van der Waals surface area contributed by atoms with Gasteiger partial charge in [-0.2, -0.15) is 0 Å². The predicted octanol–water partition coefficient (Wildman–Crippen LogP) is 0.330. The highest BCUT2D eigenvalue weighted by molar-refractivity contribution is 7.89. The largest absolute Gasteiger partial charge is 0.380 e. The fourth-order valence-electron chi connectivity index (χ4n) is 1.14. The Balaban J connectivity index is 3.55. The molecular formula is C10H24N2O3S. The maximum Gasteiger partial charge on any atom is 0.211 e. The summed E-state index contributed by atoms with van der Waals surface area (Å²) in [4.78, 5) is 0. The summed E-state index contributed by atoms with van der Waals surface area (Å²) in [5.74, 6) is 0.166. The molecule has 0 fully saturated rings. The van der Waals surface area contributed by atoms with Crippen LogP contribution in [0.3, 0.4) is 0 Å². The molecule has 0 atom stereocenters. The van der Waals surface area contributed by atoms with Gasteiger partial charge < -0.3 is 10.1 Å². The van der Waals surface area contributed by atoms with Gasteiger partial charge in [0.15, 0.2) is 0 Å². The number of sulfonamides is 1. The molecule has 0 unspecified atom stereocenters. The lowest BCUT2D eigenvalue weighted by molar-refractivity contribution is 0.153. The maximum atomic E-state index is 11.4. The zero-order valence-electron chi connectivity index (χ0n) is 10.5. The minimum Gasteiger partial charge on any atom is -0.380 e. The number of hydrogen-bond donors (Lipinski definition) is 2. The number of hydrogen-bond acceptors (Lipinski definition) is 4. The second-order valence-electron chi connectivity index (χ2n) is 3.87. The van der Waals surface area contributed by atoms with Crippen molar-refractivity contribution in [3.8, 4) is 0 Å². The molecule has 98 valence electrons. The van der Waals surface area contributed by atoms with E-state index in [4.69, 9.17) is 4.74 Å². The Morgan fingerprint density at radius 1 is 1.25 bits per heavy atom. The van der Waals surface area contributed by atoms with Gasteiger partial charge in [-0.05, 0) is 19.9 Å². The SMILES string of the molecule is CCOCCNS(=O)(=O)CCCNC(C)C. The molecule has 0 aliphatic heterocycles. The summed E-state index contributed by atoms with van der Waals surface area (Å²) < 4.78 is 30.4. The molecule has 0 amide bonds.